The first-order chi connectivity index (χ1) is 12.9. The number of ether oxygens (including phenoxy) is 1. The number of aromatic nitrogens is 1. The summed E-state index contributed by atoms with van der Waals surface area (Å²) in [4.78, 5) is 27.0. The topological polar surface area (TPSA) is 94.4 Å². The number of pyridine rings is 1. The molecule has 0 amide bonds. The van der Waals surface area contributed by atoms with Gasteiger partial charge in [0, 0.05) is 6.20 Å². The van der Waals surface area contributed by atoms with Crippen LogP contribution >= 0.6 is 11.6 Å². The van der Waals surface area contributed by atoms with E-state index in [0.29, 0.717) is 0 Å². The predicted molar refractivity (Wildman–Crippen MR) is 99.0 cm³/mol. The van der Waals surface area contributed by atoms with Crippen molar-refractivity contribution >= 4 is 45.5 Å². The molecule has 3 rings (SSSR count). The van der Waals surface area contributed by atoms with E-state index in [0.717, 1.165) is 0 Å². The molecule has 138 valence electrons. The van der Waals surface area contributed by atoms with Gasteiger partial charge in [-0.25, -0.2) is 9.18 Å². The lowest BCUT2D eigenvalue weighted by atomic mass is 10.1. The molecule has 0 aliphatic rings. The van der Waals surface area contributed by atoms with Crippen molar-refractivity contribution in [2.45, 2.75) is 6.92 Å². The van der Waals surface area contributed by atoms with Gasteiger partial charge in [0.1, 0.15) is 17.1 Å². The number of benzene rings is 2. The lowest BCUT2D eigenvalue weighted by Gasteiger charge is -2.12. The van der Waals surface area contributed by atoms with Gasteiger partial charge in [-0.2, -0.15) is 0 Å². The summed E-state index contributed by atoms with van der Waals surface area (Å²) in [5.74, 6) is -1.41. The average Bonchev–Trinajstić information content (AvgIpc) is 2.64. The van der Waals surface area contributed by atoms with E-state index < -0.39 is 22.4 Å². The maximum Gasteiger partial charge on any atom is 0.345 e. The minimum Gasteiger partial charge on any atom is -0.462 e. The minimum atomic E-state index is -0.818. The quantitative estimate of drug-likeness (QED) is 0.380. The van der Waals surface area contributed by atoms with E-state index >= 15 is 0 Å². The number of fused-ring (bicyclic) bond motifs is 1. The first-order valence-corrected chi connectivity index (χ1v) is 8.26. The fourth-order valence-corrected chi connectivity index (χ4v) is 2.86. The number of hydrogen-bond acceptors (Lipinski definition) is 6. The summed E-state index contributed by atoms with van der Waals surface area (Å²) < 4.78 is 19.2. The Morgan fingerprint density at radius 3 is 2.78 bits per heavy atom. The highest BCUT2D eigenvalue weighted by molar-refractivity contribution is 6.35. The molecular weight excluding hydrogens is 377 g/mol. The Balaban J connectivity index is 2.16. The van der Waals surface area contributed by atoms with Gasteiger partial charge in [-0.05, 0) is 37.3 Å². The number of carbonyl (C=O) groups excluding carboxylic acids is 1. The van der Waals surface area contributed by atoms with Crippen LogP contribution in [0.3, 0.4) is 0 Å². The van der Waals surface area contributed by atoms with Crippen molar-refractivity contribution in [2.24, 2.45) is 0 Å². The van der Waals surface area contributed by atoms with Crippen molar-refractivity contribution in [1.29, 1.82) is 0 Å². The second-order valence-electron chi connectivity index (χ2n) is 5.42. The third-order valence-corrected chi connectivity index (χ3v) is 4.08. The Labute approximate surface area is 157 Å². The molecule has 3 aromatic rings. The highest BCUT2D eigenvalue weighted by Gasteiger charge is 2.26. The Morgan fingerprint density at radius 2 is 2.07 bits per heavy atom. The molecule has 0 unspecified atom stereocenters. The number of halogens is 2. The van der Waals surface area contributed by atoms with Crippen LogP contribution in [0.2, 0.25) is 5.02 Å². The van der Waals surface area contributed by atoms with Crippen LogP contribution in [0.5, 0.6) is 0 Å². The monoisotopic (exact) mass is 389 g/mol. The Morgan fingerprint density at radius 1 is 1.30 bits per heavy atom. The lowest BCUT2D eigenvalue weighted by molar-refractivity contribution is -0.384. The highest BCUT2D eigenvalue weighted by atomic mass is 35.5. The van der Waals surface area contributed by atoms with Gasteiger partial charge in [-0.3, -0.25) is 15.1 Å². The van der Waals surface area contributed by atoms with Crippen molar-refractivity contribution in [3.05, 3.63) is 69.1 Å². The summed E-state index contributed by atoms with van der Waals surface area (Å²) in [5, 5.41) is 14.7. The van der Waals surface area contributed by atoms with Crippen molar-refractivity contribution in [2.75, 3.05) is 11.9 Å². The molecule has 9 heteroatoms. The summed E-state index contributed by atoms with van der Waals surface area (Å²) in [6, 6.07) is 8.19. The molecular formula is C18H13ClFN3O4. The Hall–Kier alpha value is -3.26. The summed E-state index contributed by atoms with van der Waals surface area (Å²) in [7, 11) is 0. The zero-order valence-corrected chi connectivity index (χ0v) is 14.8. The summed E-state index contributed by atoms with van der Waals surface area (Å²) in [6.07, 6.45) is 1.40. The van der Waals surface area contributed by atoms with E-state index in [9.17, 15) is 19.3 Å². The number of nitro groups is 1. The summed E-state index contributed by atoms with van der Waals surface area (Å²) in [5.41, 5.74) is -0.223. The Kier molecular flexibility index (Phi) is 5.18. The minimum absolute atomic E-state index is 0.0115. The average molecular weight is 390 g/mol. The normalized spacial score (nSPS) is 10.6. The number of nitro benzene ring substituents is 1. The van der Waals surface area contributed by atoms with Crippen LogP contribution in [0, 0.1) is 15.9 Å². The third-order valence-electron chi connectivity index (χ3n) is 3.78. The maximum absolute atomic E-state index is 14.3. The van der Waals surface area contributed by atoms with Crippen LogP contribution in [0.1, 0.15) is 17.3 Å². The van der Waals surface area contributed by atoms with Crippen LogP contribution in [0.15, 0.2) is 42.6 Å². The molecule has 0 bridgehead atoms. The lowest BCUT2D eigenvalue weighted by Crippen LogP contribution is -2.09. The van der Waals surface area contributed by atoms with Crippen LogP contribution in [-0.4, -0.2) is 22.5 Å². The van der Waals surface area contributed by atoms with Gasteiger partial charge in [0.2, 0.25) is 0 Å². The SMILES string of the molecule is CCOC(=O)c1cccc(Nc2ccnc3c(Cl)ccc(F)c23)c1[N+](=O)[O-]. The zero-order chi connectivity index (χ0) is 19.6. The second kappa shape index (κ2) is 7.55. The summed E-state index contributed by atoms with van der Waals surface area (Å²) >= 11 is 6.06. The largest absolute Gasteiger partial charge is 0.462 e. The zero-order valence-electron chi connectivity index (χ0n) is 14.0. The standard InChI is InChI=1S/C18H13ClFN3O4/c1-2-27-18(24)10-4-3-5-14(17(10)23(25)26)22-13-8-9-21-16-11(19)6-7-12(20)15(13)16/h3-9H,2H2,1H3,(H,21,22). The molecule has 0 aliphatic heterocycles. The predicted octanol–water partition coefficient (Wildman–Crippen LogP) is 4.86. The van der Waals surface area contributed by atoms with Crippen molar-refractivity contribution in [3.63, 3.8) is 0 Å². The van der Waals surface area contributed by atoms with Crippen molar-refractivity contribution < 1.29 is 18.8 Å². The second-order valence-corrected chi connectivity index (χ2v) is 5.82. The third kappa shape index (κ3) is 3.52. The molecule has 0 fully saturated rings. The van der Waals surface area contributed by atoms with E-state index in [1.807, 2.05) is 0 Å². The fraction of sp³-hybridized carbons (Fsp3) is 0.111. The van der Waals surface area contributed by atoms with Gasteiger partial charge in [0.15, 0.2) is 0 Å². The molecule has 0 radical (unpaired) electrons. The van der Waals surface area contributed by atoms with Crippen LogP contribution < -0.4 is 5.32 Å². The molecule has 7 nitrogen and oxygen atoms in total. The number of esters is 1. The molecule has 0 aliphatic carbocycles. The molecule has 0 saturated carbocycles. The molecule has 27 heavy (non-hydrogen) atoms. The molecule has 2 aromatic carbocycles. The molecule has 0 saturated heterocycles. The first kappa shape index (κ1) is 18.5. The highest BCUT2D eigenvalue weighted by Crippen LogP contribution is 2.36. The van der Waals surface area contributed by atoms with E-state index in [2.05, 4.69) is 10.3 Å². The van der Waals surface area contributed by atoms with Gasteiger partial charge in [-0.1, -0.05) is 17.7 Å². The molecule has 0 spiro atoms. The van der Waals surface area contributed by atoms with Crippen LogP contribution in [0.4, 0.5) is 21.5 Å². The van der Waals surface area contributed by atoms with Gasteiger partial charge in [0.25, 0.3) is 0 Å². The number of carbonyl (C=O) groups is 1. The Bertz CT molecular complexity index is 1060. The molecule has 1 N–H and O–H groups in total. The van der Waals surface area contributed by atoms with E-state index in [1.54, 1.807) is 6.92 Å². The van der Waals surface area contributed by atoms with Crippen LogP contribution in [0.25, 0.3) is 10.9 Å². The van der Waals surface area contributed by atoms with E-state index in [-0.39, 0.29) is 39.5 Å². The van der Waals surface area contributed by atoms with Gasteiger partial charge in [-0.15, -0.1) is 0 Å². The smallest absolute Gasteiger partial charge is 0.345 e. The number of nitrogens with one attached hydrogen (secondary N) is 1. The summed E-state index contributed by atoms with van der Waals surface area (Å²) in [6.45, 7) is 1.67. The van der Waals surface area contributed by atoms with Crippen molar-refractivity contribution in [3.8, 4) is 0 Å². The molecule has 1 aromatic heterocycles. The molecule has 1 heterocycles. The first-order valence-electron chi connectivity index (χ1n) is 7.88. The number of hydrogen-bond donors (Lipinski definition) is 1. The maximum atomic E-state index is 14.3. The van der Waals surface area contributed by atoms with Gasteiger partial charge >= 0.3 is 11.7 Å². The van der Waals surface area contributed by atoms with E-state index in [1.165, 1.54) is 42.6 Å². The van der Waals surface area contributed by atoms with Crippen LogP contribution in [-0.2, 0) is 4.74 Å². The van der Waals surface area contributed by atoms with Crippen molar-refractivity contribution in [1.82, 2.24) is 4.98 Å². The number of anilines is 2. The fourth-order valence-electron chi connectivity index (χ4n) is 2.66. The number of nitrogens with zero attached hydrogens (tertiary/aromatic N) is 2. The van der Waals surface area contributed by atoms with E-state index in [4.69, 9.17) is 16.3 Å². The van der Waals surface area contributed by atoms with Gasteiger partial charge in [0.05, 0.1) is 33.1 Å². The molecule has 0 atom stereocenters. The van der Waals surface area contributed by atoms with Gasteiger partial charge < -0.3 is 10.1 Å². The number of para-hydroxylation sites is 1. The number of rotatable bonds is 5.